The molecule has 0 aliphatic carbocycles. The highest BCUT2D eigenvalue weighted by atomic mass is 16.2. The molecule has 1 heterocycles. The minimum absolute atomic E-state index is 0.135. The van der Waals surface area contributed by atoms with Gasteiger partial charge in [-0.1, -0.05) is 35.4 Å². The molecule has 0 aliphatic rings. The molecule has 3 aromatic rings. The molecule has 0 aliphatic heterocycles. The molecule has 1 N–H and O–H groups in total. The molecule has 132 valence electrons. The Balaban J connectivity index is 2.01. The molecule has 0 atom stereocenters. The summed E-state index contributed by atoms with van der Waals surface area (Å²) in [5, 5.41) is 7.24. The molecule has 3 rings (SSSR count). The van der Waals surface area contributed by atoms with Gasteiger partial charge >= 0.3 is 0 Å². The molecule has 0 unspecified atom stereocenters. The van der Waals surface area contributed by atoms with Crippen molar-refractivity contribution in [1.29, 1.82) is 0 Å². The minimum Gasteiger partial charge on any atom is -0.321 e. The maximum Gasteiger partial charge on any atom is 0.276 e. The first-order valence-electron chi connectivity index (χ1n) is 8.42. The van der Waals surface area contributed by atoms with Crippen LogP contribution in [0.15, 0.2) is 48.5 Å². The predicted octanol–water partition coefficient (Wildman–Crippen LogP) is 4.25. The van der Waals surface area contributed by atoms with Crippen molar-refractivity contribution in [2.75, 3.05) is 5.32 Å². The smallest absolute Gasteiger partial charge is 0.276 e. The summed E-state index contributed by atoms with van der Waals surface area (Å²) in [6, 6.07) is 15.2. The zero-order valence-corrected chi connectivity index (χ0v) is 15.3. The quantitative estimate of drug-likeness (QED) is 0.718. The lowest BCUT2D eigenvalue weighted by atomic mass is 10.1. The van der Waals surface area contributed by atoms with Gasteiger partial charge in [0.25, 0.3) is 5.91 Å². The molecule has 1 aromatic heterocycles. The van der Waals surface area contributed by atoms with Gasteiger partial charge in [-0.05, 0) is 52.0 Å². The van der Waals surface area contributed by atoms with Crippen molar-refractivity contribution in [3.63, 3.8) is 0 Å². The second-order valence-electron chi connectivity index (χ2n) is 6.43. The van der Waals surface area contributed by atoms with Crippen LogP contribution in [0.4, 0.5) is 5.69 Å². The van der Waals surface area contributed by atoms with Gasteiger partial charge in [-0.15, -0.1) is 0 Å². The maximum absolute atomic E-state index is 12.7. The molecule has 26 heavy (non-hydrogen) atoms. The largest absolute Gasteiger partial charge is 0.321 e. The summed E-state index contributed by atoms with van der Waals surface area (Å²) in [6.07, 6.45) is 0. The number of anilines is 1. The van der Waals surface area contributed by atoms with Crippen LogP contribution in [0.5, 0.6) is 0 Å². The number of amides is 1. The van der Waals surface area contributed by atoms with Gasteiger partial charge in [-0.2, -0.15) is 5.10 Å². The van der Waals surface area contributed by atoms with Crippen molar-refractivity contribution in [1.82, 2.24) is 9.78 Å². The number of hydrogen-bond acceptors (Lipinski definition) is 3. The van der Waals surface area contributed by atoms with Gasteiger partial charge in [0.05, 0.1) is 16.9 Å². The van der Waals surface area contributed by atoms with E-state index < -0.39 is 5.91 Å². The van der Waals surface area contributed by atoms with E-state index in [1.807, 2.05) is 62.4 Å². The second kappa shape index (κ2) is 6.96. The fourth-order valence-corrected chi connectivity index (χ4v) is 2.85. The summed E-state index contributed by atoms with van der Waals surface area (Å²) in [5.41, 5.74) is 4.83. The Morgan fingerprint density at radius 3 is 1.96 bits per heavy atom. The third kappa shape index (κ3) is 3.42. The summed E-state index contributed by atoms with van der Waals surface area (Å²) in [7, 11) is 0. The van der Waals surface area contributed by atoms with E-state index in [4.69, 9.17) is 0 Å². The molecule has 5 heteroatoms. The number of aromatic nitrogens is 2. The lowest BCUT2D eigenvalue weighted by molar-refractivity contribution is 0.0983. The first-order valence-corrected chi connectivity index (χ1v) is 8.42. The van der Waals surface area contributed by atoms with Gasteiger partial charge in [0.15, 0.2) is 11.5 Å². The van der Waals surface area contributed by atoms with Gasteiger partial charge < -0.3 is 5.32 Å². The van der Waals surface area contributed by atoms with E-state index in [1.54, 1.807) is 11.6 Å². The van der Waals surface area contributed by atoms with Crippen molar-refractivity contribution in [3.8, 4) is 5.69 Å². The highest BCUT2D eigenvalue weighted by Gasteiger charge is 2.24. The lowest BCUT2D eigenvalue weighted by Crippen LogP contribution is -2.16. The fourth-order valence-electron chi connectivity index (χ4n) is 2.85. The highest BCUT2D eigenvalue weighted by Crippen LogP contribution is 2.21. The number of nitrogens with zero attached hydrogens (tertiary/aromatic N) is 2. The van der Waals surface area contributed by atoms with E-state index in [0.717, 1.165) is 16.8 Å². The first-order chi connectivity index (χ1) is 12.4. The molecule has 0 saturated carbocycles. The topological polar surface area (TPSA) is 64.0 Å². The Morgan fingerprint density at radius 1 is 0.885 bits per heavy atom. The number of benzene rings is 2. The Labute approximate surface area is 152 Å². The molecule has 0 saturated heterocycles. The Morgan fingerprint density at radius 2 is 1.42 bits per heavy atom. The van der Waals surface area contributed by atoms with Crippen molar-refractivity contribution in [3.05, 3.63) is 76.6 Å². The van der Waals surface area contributed by atoms with Crippen LogP contribution in [-0.4, -0.2) is 21.5 Å². The van der Waals surface area contributed by atoms with Crippen LogP contribution in [0.1, 0.15) is 44.6 Å². The van der Waals surface area contributed by atoms with Gasteiger partial charge in [0, 0.05) is 5.69 Å². The van der Waals surface area contributed by atoms with Crippen molar-refractivity contribution in [2.45, 2.75) is 27.7 Å². The normalized spacial score (nSPS) is 10.6. The Bertz CT molecular complexity index is 968. The summed E-state index contributed by atoms with van der Waals surface area (Å²) in [4.78, 5) is 24.9. The Hall–Kier alpha value is -3.21. The number of Topliss-reactive ketones (excluding diaryl/α,β-unsaturated/α-hetero) is 1. The third-order valence-corrected chi connectivity index (χ3v) is 4.27. The van der Waals surface area contributed by atoms with Crippen LogP contribution in [0, 0.1) is 20.8 Å². The van der Waals surface area contributed by atoms with Gasteiger partial charge in [0.1, 0.15) is 0 Å². The molecule has 0 radical (unpaired) electrons. The number of rotatable bonds is 4. The third-order valence-electron chi connectivity index (χ3n) is 4.27. The van der Waals surface area contributed by atoms with Crippen LogP contribution in [0.3, 0.4) is 0 Å². The first kappa shape index (κ1) is 17.6. The van der Waals surface area contributed by atoms with E-state index in [9.17, 15) is 9.59 Å². The fraction of sp³-hybridized carbons (Fsp3) is 0.190. The summed E-state index contributed by atoms with van der Waals surface area (Å²) in [6.45, 7) is 7.23. The minimum atomic E-state index is -0.395. The van der Waals surface area contributed by atoms with Crippen LogP contribution >= 0.6 is 0 Å². The van der Waals surface area contributed by atoms with Crippen LogP contribution in [0.25, 0.3) is 5.69 Å². The summed E-state index contributed by atoms with van der Waals surface area (Å²) in [5.74, 6) is -0.581. The zero-order valence-electron chi connectivity index (χ0n) is 15.3. The molecular formula is C21H21N3O2. The van der Waals surface area contributed by atoms with Gasteiger partial charge in [-0.3, -0.25) is 9.59 Å². The van der Waals surface area contributed by atoms with E-state index in [1.165, 1.54) is 6.92 Å². The zero-order chi connectivity index (χ0) is 18.8. The van der Waals surface area contributed by atoms with Crippen LogP contribution < -0.4 is 5.32 Å². The maximum atomic E-state index is 12.7. The highest BCUT2D eigenvalue weighted by molar-refractivity contribution is 6.11. The van der Waals surface area contributed by atoms with E-state index >= 15 is 0 Å². The molecule has 0 bridgehead atoms. The van der Waals surface area contributed by atoms with Gasteiger partial charge in [0.2, 0.25) is 0 Å². The van der Waals surface area contributed by atoms with E-state index in [0.29, 0.717) is 16.9 Å². The summed E-state index contributed by atoms with van der Waals surface area (Å²) < 4.78 is 1.64. The number of carbonyl (C=O) groups excluding carboxylic acids is 2. The van der Waals surface area contributed by atoms with E-state index in [-0.39, 0.29) is 11.5 Å². The standard InChI is InChI=1S/C21H21N3O2/c1-13-5-9-17(10-6-13)22-21(26)20-19(16(4)25)15(3)24(23-20)18-11-7-14(2)8-12-18/h5-12H,1-4H3,(H,22,26). The molecule has 2 aromatic carbocycles. The average molecular weight is 347 g/mol. The number of ketones is 1. The molecule has 0 spiro atoms. The van der Waals surface area contributed by atoms with Crippen LogP contribution in [0.2, 0.25) is 0 Å². The average Bonchev–Trinajstić information content (AvgIpc) is 2.95. The van der Waals surface area contributed by atoms with Crippen LogP contribution in [-0.2, 0) is 0 Å². The monoisotopic (exact) mass is 347 g/mol. The second-order valence-corrected chi connectivity index (χ2v) is 6.43. The number of aryl methyl sites for hydroxylation is 2. The van der Waals surface area contributed by atoms with Gasteiger partial charge in [-0.25, -0.2) is 4.68 Å². The molecular weight excluding hydrogens is 326 g/mol. The van der Waals surface area contributed by atoms with Crippen molar-refractivity contribution >= 4 is 17.4 Å². The lowest BCUT2D eigenvalue weighted by Gasteiger charge is -2.05. The molecule has 0 fully saturated rings. The Kier molecular flexibility index (Phi) is 4.71. The SMILES string of the molecule is CC(=O)c1c(C(=O)Nc2ccc(C)cc2)nn(-c2ccc(C)cc2)c1C. The number of hydrogen-bond donors (Lipinski definition) is 1. The molecule has 1 amide bonds. The number of nitrogens with one attached hydrogen (secondary N) is 1. The van der Waals surface area contributed by atoms with Crippen molar-refractivity contribution < 1.29 is 9.59 Å². The number of carbonyl (C=O) groups is 2. The van der Waals surface area contributed by atoms with Crippen molar-refractivity contribution in [2.24, 2.45) is 0 Å². The molecule has 5 nitrogen and oxygen atoms in total. The van der Waals surface area contributed by atoms with E-state index in [2.05, 4.69) is 10.4 Å². The summed E-state index contributed by atoms with van der Waals surface area (Å²) >= 11 is 0. The predicted molar refractivity (Wildman–Crippen MR) is 102 cm³/mol.